The molecule has 2 aromatic rings. The highest BCUT2D eigenvalue weighted by atomic mass is 79.9. The maximum absolute atomic E-state index is 11.2. The summed E-state index contributed by atoms with van der Waals surface area (Å²) < 4.78 is 2.90. The van der Waals surface area contributed by atoms with Crippen LogP contribution in [0, 0.1) is 0 Å². The molecule has 0 spiro atoms. The van der Waals surface area contributed by atoms with Crippen molar-refractivity contribution in [3.63, 3.8) is 0 Å². The summed E-state index contributed by atoms with van der Waals surface area (Å²) in [6, 6.07) is 13.3. The van der Waals surface area contributed by atoms with Gasteiger partial charge in [-0.15, -0.1) is 0 Å². The van der Waals surface area contributed by atoms with Gasteiger partial charge in [0.05, 0.1) is 0 Å². The summed E-state index contributed by atoms with van der Waals surface area (Å²) in [5.74, 6) is 0. The number of aldehydes is 1. The summed E-state index contributed by atoms with van der Waals surface area (Å²) in [5.41, 5.74) is 0.981. The van der Waals surface area contributed by atoms with E-state index in [0.29, 0.717) is 0 Å². The quantitative estimate of drug-likeness (QED) is 0.624. The van der Waals surface area contributed by atoms with Gasteiger partial charge in [0.1, 0.15) is 0 Å². The molecule has 1 atom stereocenters. The number of carbonyl (C=O) groups is 1. The number of carbonyl (C=O) groups excluding carboxylic acids is 1. The Morgan fingerprint density at radius 2 is 1.69 bits per heavy atom. The Labute approximate surface area is 103 Å². The average Bonchev–Trinajstić information content (AvgIpc) is 2.34. The molecule has 0 saturated carbocycles. The van der Waals surface area contributed by atoms with Crippen LogP contribution < -0.4 is 4.57 Å². The molecule has 1 unspecified atom stereocenters. The first-order chi connectivity index (χ1) is 7.81. The monoisotopic (exact) mass is 276 g/mol. The number of halogens is 1. The summed E-state index contributed by atoms with van der Waals surface area (Å²) >= 11 is 3.38. The van der Waals surface area contributed by atoms with E-state index in [0.717, 1.165) is 16.3 Å². The number of pyridine rings is 1. The molecule has 0 aliphatic carbocycles. The van der Waals surface area contributed by atoms with Gasteiger partial charge in [0, 0.05) is 22.2 Å². The van der Waals surface area contributed by atoms with Crippen LogP contribution >= 0.6 is 15.9 Å². The highest BCUT2D eigenvalue weighted by Crippen LogP contribution is 2.15. The van der Waals surface area contributed by atoms with Gasteiger partial charge in [-0.1, -0.05) is 34.1 Å². The van der Waals surface area contributed by atoms with Crippen LogP contribution in [-0.2, 0) is 4.79 Å². The predicted molar refractivity (Wildman–Crippen MR) is 65.0 cm³/mol. The van der Waals surface area contributed by atoms with Crippen molar-refractivity contribution >= 4 is 22.2 Å². The zero-order valence-corrected chi connectivity index (χ0v) is 10.2. The molecule has 0 aliphatic rings. The molecule has 0 radical (unpaired) electrons. The molecule has 1 aromatic heterocycles. The lowest BCUT2D eigenvalue weighted by Gasteiger charge is -2.05. The van der Waals surface area contributed by atoms with Gasteiger partial charge >= 0.3 is 0 Å². The second-order valence-corrected chi connectivity index (χ2v) is 4.37. The van der Waals surface area contributed by atoms with Crippen molar-refractivity contribution in [3.8, 4) is 0 Å². The van der Waals surface area contributed by atoms with Crippen molar-refractivity contribution in [2.45, 2.75) is 6.04 Å². The maximum atomic E-state index is 11.2. The molecule has 0 bridgehead atoms. The molecule has 0 saturated heterocycles. The fraction of sp³-hybridized carbons (Fsp3) is 0.0769. The third-order valence-corrected chi connectivity index (χ3v) is 2.93. The molecule has 1 heterocycles. The number of aromatic nitrogens is 1. The van der Waals surface area contributed by atoms with E-state index in [9.17, 15) is 4.79 Å². The molecule has 16 heavy (non-hydrogen) atoms. The predicted octanol–water partition coefficient (Wildman–Crippen LogP) is 2.52. The largest absolute Gasteiger partial charge is 0.296 e. The van der Waals surface area contributed by atoms with Crippen molar-refractivity contribution in [2.24, 2.45) is 0 Å². The topological polar surface area (TPSA) is 20.9 Å². The number of benzene rings is 1. The average molecular weight is 277 g/mol. The van der Waals surface area contributed by atoms with Gasteiger partial charge in [0.2, 0.25) is 6.04 Å². The van der Waals surface area contributed by atoms with Crippen LogP contribution in [-0.4, -0.2) is 6.29 Å². The van der Waals surface area contributed by atoms with Gasteiger partial charge in [-0.25, -0.2) is 0 Å². The Balaban J connectivity index is 2.37. The fourth-order valence-corrected chi connectivity index (χ4v) is 1.84. The van der Waals surface area contributed by atoms with E-state index >= 15 is 0 Å². The first-order valence-electron chi connectivity index (χ1n) is 4.98. The smallest absolute Gasteiger partial charge is 0.238 e. The van der Waals surface area contributed by atoms with Gasteiger partial charge in [-0.3, -0.25) is 4.79 Å². The van der Waals surface area contributed by atoms with Crippen LogP contribution in [0.3, 0.4) is 0 Å². The third kappa shape index (κ3) is 2.36. The summed E-state index contributed by atoms with van der Waals surface area (Å²) in [7, 11) is 0. The number of hydrogen-bond acceptors (Lipinski definition) is 1. The van der Waals surface area contributed by atoms with Crippen LogP contribution in [0.2, 0.25) is 0 Å². The van der Waals surface area contributed by atoms with Crippen molar-refractivity contribution in [3.05, 3.63) is 64.9 Å². The second-order valence-electron chi connectivity index (χ2n) is 3.46. The summed E-state index contributed by atoms with van der Waals surface area (Å²) in [5, 5.41) is 0. The lowest BCUT2D eigenvalue weighted by Crippen LogP contribution is -2.40. The van der Waals surface area contributed by atoms with E-state index in [1.54, 1.807) is 0 Å². The molecule has 0 N–H and O–H groups in total. The van der Waals surface area contributed by atoms with E-state index in [-0.39, 0.29) is 6.04 Å². The molecular weight excluding hydrogens is 266 g/mol. The molecule has 2 rings (SSSR count). The molecule has 2 nitrogen and oxygen atoms in total. The van der Waals surface area contributed by atoms with Crippen molar-refractivity contribution < 1.29 is 9.36 Å². The Hall–Kier alpha value is -1.48. The van der Waals surface area contributed by atoms with Gasteiger partial charge in [0.15, 0.2) is 18.7 Å². The summed E-state index contributed by atoms with van der Waals surface area (Å²) in [6.45, 7) is 0. The van der Waals surface area contributed by atoms with Crippen molar-refractivity contribution in [1.82, 2.24) is 0 Å². The van der Waals surface area contributed by atoms with E-state index in [1.807, 2.05) is 59.4 Å². The zero-order chi connectivity index (χ0) is 11.4. The Bertz CT molecular complexity index is 467. The van der Waals surface area contributed by atoms with E-state index in [1.165, 1.54) is 0 Å². The van der Waals surface area contributed by atoms with Crippen molar-refractivity contribution in [2.75, 3.05) is 0 Å². The number of rotatable bonds is 3. The van der Waals surface area contributed by atoms with Crippen LogP contribution in [0.25, 0.3) is 0 Å². The van der Waals surface area contributed by atoms with Gasteiger partial charge in [0.25, 0.3) is 0 Å². The first-order valence-corrected chi connectivity index (χ1v) is 5.77. The fourth-order valence-electron chi connectivity index (χ4n) is 1.58. The number of hydrogen-bond donors (Lipinski definition) is 0. The molecule has 3 heteroatoms. The minimum absolute atomic E-state index is 0.255. The third-order valence-electron chi connectivity index (χ3n) is 2.40. The molecule has 1 aromatic carbocycles. The van der Waals surface area contributed by atoms with Gasteiger partial charge in [-0.2, -0.15) is 4.57 Å². The van der Waals surface area contributed by atoms with Gasteiger partial charge < -0.3 is 0 Å². The van der Waals surface area contributed by atoms with E-state index in [2.05, 4.69) is 15.9 Å². The first kappa shape index (κ1) is 11.0. The molecule has 0 aliphatic heterocycles. The number of nitrogens with zero attached hydrogens (tertiary/aromatic N) is 1. The van der Waals surface area contributed by atoms with Crippen LogP contribution in [0.5, 0.6) is 0 Å². The normalized spacial score (nSPS) is 12.1. The van der Waals surface area contributed by atoms with Crippen LogP contribution in [0.4, 0.5) is 0 Å². The van der Waals surface area contributed by atoms with Crippen molar-refractivity contribution in [1.29, 1.82) is 0 Å². The minimum atomic E-state index is -0.255. The lowest BCUT2D eigenvalue weighted by atomic mass is 10.1. The zero-order valence-electron chi connectivity index (χ0n) is 8.58. The Kier molecular flexibility index (Phi) is 3.47. The SMILES string of the molecule is O=CC(c1ccc(Br)cc1)[n+]1ccccc1. The Morgan fingerprint density at radius 1 is 1.06 bits per heavy atom. The second kappa shape index (κ2) is 5.03. The van der Waals surface area contributed by atoms with Crippen LogP contribution in [0.1, 0.15) is 11.6 Å². The molecular formula is C13H11BrNO+. The summed E-state index contributed by atoms with van der Waals surface area (Å²) in [6.07, 6.45) is 4.73. The van der Waals surface area contributed by atoms with E-state index in [4.69, 9.17) is 0 Å². The van der Waals surface area contributed by atoms with Gasteiger partial charge in [-0.05, 0) is 12.1 Å². The van der Waals surface area contributed by atoms with Crippen LogP contribution in [0.15, 0.2) is 59.3 Å². The maximum Gasteiger partial charge on any atom is 0.238 e. The summed E-state index contributed by atoms with van der Waals surface area (Å²) in [4.78, 5) is 11.2. The molecule has 80 valence electrons. The minimum Gasteiger partial charge on any atom is -0.296 e. The van der Waals surface area contributed by atoms with E-state index < -0.39 is 0 Å². The molecule has 0 amide bonds. The highest BCUT2D eigenvalue weighted by Gasteiger charge is 2.18. The lowest BCUT2D eigenvalue weighted by molar-refractivity contribution is -0.698. The molecule has 0 fully saturated rings. The standard InChI is InChI=1S/C13H11BrNO/c14-12-6-4-11(5-7-12)13(10-16)15-8-2-1-3-9-15/h1-10,13H/q+1. The Morgan fingerprint density at radius 3 is 2.25 bits per heavy atom. The highest BCUT2D eigenvalue weighted by molar-refractivity contribution is 9.10.